The van der Waals surface area contributed by atoms with Crippen molar-refractivity contribution in [3.63, 3.8) is 0 Å². The van der Waals surface area contributed by atoms with Crippen LogP contribution in [0.2, 0.25) is 0 Å². The third kappa shape index (κ3) is 3.69. The number of hydrogen-bond acceptors (Lipinski definition) is 3. The van der Waals surface area contributed by atoms with Crippen LogP contribution in [0, 0.1) is 0 Å². The Morgan fingerprint density at radius 1 is 1.21 bits per heavy atom. The van der Waals surface area contributed by atoms with E-state index in [9.17, 15) is 4.79 Å². The predicted octanol–water partition coefficient (Wildman–Crippen LogP) is 3.21. The van der Waals surface area contributed by atoms with Gasteiger partial charge in [-0.15, -0.1) is 12.4 Å². The Labute approximate surface area is 119 Å². The number of ether oxygens (including phenoxy) is 1. The lowest BCUT2D eigenvalue weighted by atomic mass is 10.0. The van der Waals surface area contributed by atoms with Crippen molar-refractivity contribution < 1.29 is 9.53 Å². The summed E-state index contributed by atoms with van der Waals surface area (Å²) >= 11 is 0. The van der Waals surface area contributed by atoms with Crippen molar-refractivity contribution in [2.45, 2.75) is 19.4 Å². The summed E-state index contributed by atoms with van der Waals surface area (Å²) in [6.45, 7) is 2.37. The van der Waals surface area contributed by atoms with Gasteiger partial charge in [-0.2, -0.15) is 0 Å². The fraction of sp³-hybridized carbons (Fsp3) is 0.267. The topological polar surface area (TPSA) is 52.3 Å². The largest absolute Gasteiger partial charge is 0.464 e. The van der Waals surface area contributed by atoms with Crippen molar-refractivity contribution in [3.8, 4) is 0 Å². The van der Waals surface area contributed by atoms with E-state index in [0.29, 0.717) is 6.61 Å². The van der Waals surface area contributed by atoms with Crippen LogP contribution < -0.4 is 5.73 Å². The monoisotopic (exact) mass is 279 g/mol. The minimum Gasteiger partial charge on any atom is -0.464 e. The number of esters is 1. The molecule has 0 heterocycles. The fourth-order valence-electron chi connectivity index (χ4n) is 1.83. The second-order valence-electron chi connectivity index (χ2n) is 4.25. The Morgan fingerprint density at radius 3 is 2.58 bits per heavy atom. The summed E-state index contributed by atoms with van der Waals surface area (Å²) in [4.78, 5) is 11.7. The van der Waals surface area contributed by atoms with Gasteiger partial charge in [0.15, 0.2) is 0 Å². The Balaban J connectivity index is 0.00000180. The molecule has 2 N–H and O–H groups in total. The van der Waals surface area contributed by atoms with E-state index in [1.54, 1.807) is 0 Å². The SMILES string of the molecule is CCCOC(=O)C(N)c1ccc2ccccc2c1.Cl. The van der Waals surface area contributed by atoms with Crippen LogP contribution >= 0.6 is 12.4 Å². The second kappa shape index (κ2) is 7.12. The van der Waals surface area contributed by atoms with Crippen molar-refractivity contribution in [1.82, 2.24) is 0 Å². The second-order valence-corrected chi connectivity index (χ2v) is 4.25. The van der Waals surface area contributed by atoms with E-state index in [-0.39, 0.29) is 18.4 Å². The number of nitrogens with two attached hydrogens (primary N) is 1. The molecule has 0 aromatic heterocycles. The summed E-state index contributed by atoms with van der Waals surface area (Å²) in [6.07, 6.45) is 0.802. The lowest BCUT2D eigenvalue weighted by Gasteiger charge is -2.12. The normalized spacial score (nSPS) is 11.7. The Bertz CT molecular complexity index is 557. The van der Waals surface area contributed by atoms with Crippen LogP contribution in [0.15, 0.2) is 42.5 Å². The van der Waals surface area contributed by atoms with E-state index < -0.39 is 6.04 Å². The van der Waals surface area contributed by atoms with Gasteiger partial charge in [-0.25, -0.2) is 4.79 Å². The van der Waals surface area contributed by atoms with E-state index >= 15 is 0 Å². The number of hydrogen-bond donors (Lipinski definition) is 1. The van der Waals surface area contributed by atoms with Gasteiger partial charge < -0.3 is 10.5 Å². The van der Waals surface area contributed by atoms with Gasteiger partial charge in [0, 0.05) is 0 Å². The Hall–Kier alpha value is -1.58. The molecule has 2 aromatic rings. The predicted molar refractivity (Wildman–Crippen MR) is 79.4 cm³/mol. The van der Waals surface area contributed by atoms with Crippen LogP contribution in [0.3, 0.4) is 0 Å². The summed E-state index contributed by atoms with van der Waals surface area (Å²) in [5.41, 5.74) is 6.68. The highest BCUT2D eigenvalue weighted by Gasteiger charge is 2.17. The average molecular weight is 280 g/mol. The molecule has 0 aliphatic rings. The lowest BCUT2D eigenvalue weighted by Crippen LogP contribution is -2.23. The molecule has 0 radical (unpaired) electrons. The molecule has 2 aromatic carbocycles. The standard InChI is InChI=1S/C15H17NO2.ClH/c1-2-9-18-15(17)14(16)13-8-7-11-5-3-4-6-12(11)10-13;/h3-8,10,14H,2,9,16H2,1H3;1H. The highest BCUT2D eigenvalue weighted by atomic mass is 35.5. The summed E-state index contributed by atoms with van der Waals surface area (Å²) in [5, 5.41) is 2.21. The highest BCUT2D eigenvalue weighted by molar-refractivity contribution is 5.86. The molecule has 4 heteroatoms. The molecule has 3 nitrogen and oxygen atoms in total. The molecule has 0 fully saturated rings. The molecule has 0 spiro atoms. The van der Waals surface area contributed by atoms with Gasteiger partial charge in [-0.05, 0) is 28.8 Å². The minimum atomic E-state index is -0.707. The first-order valence-electron chi connectivity index (χ1n) is 6.13. The fourth-order valence-corrected chi connectivity index (χ4v) is 1.83. The number of carbonyl (C=O) groups is 1. The van der Waals surface area contributed by atoms with Crippen LogP contribution in [0.4, 0.5) is 0 Å². The minimum absolute atomic E-state index is 0. The van der Waals surface area contributed by atoms with Gasteiger partial charge in [-0.1, -0.05) is 43.3 Å². The van der Waals surface area contributed by atoms with Crippen molar-refractivity contribution >= 4 is 29.1 Å². The van der Waals surface area contributed by atoms with Crippen molar-refractivity contribution in [2.75, 3.05) is 6.61 Å². The third-order valence-corrected chi connectivity index (χ3v) is 2.84. The Morgan fingerprint density at radius 2 is 1.89 bits per heavy atom. The summed E-state index contributed by atoms with van der Waals surface area (Å²) in [6, 6.07) is 13.1. The van der Waals surface area contributed by atoms with Gasteiger partial charge in [-0.3, -0.25) is 0 Å². The zero-order valence-corrected chi connectivity index (χ0v) is 11.7. The number of benzene rings is 2. The molecular weight excluding hydrogens is 262 g/mol. The van der Waals surface area contributed by atoms with Gasteiger partial charge in [0.1, 0.15) is 6.04 Å². The van der Waals surface area contributed by atoms with Crippen LogP contribution in [-0.4, -0.2) is 12.6 Å². The first-order chi connectivity index (χ1) is 8.72. The maximum atomic E-state index is 11.7. The molecule has 102 valence electrons. The number of halogens is 1. The van der Waals surface area contributed by atoms with Crippen molar-refractivity contribution in [3.05, 3.63) is 48.0 Å². The van der Waals surface area contributed by atoms with Gasteiger partial charge in [0.25, 0.3) is 0 Å². The maximum absolute atomic E-state index is 11.7. The first kappa shape index (κ1) is 15.5. The van der Waals surface area contributed by atoms with Crippen LogP contribution in [0.25, 0.3) is 10.8 Å². The molecule has 1 atom stereocenters. The summed E-state index contributed by atoms with van der Waals surface area (Å²) in [5.74, 6) is -0.368. The molecule has 0 aliphatic heterocycles. The number of carbonyl (C=O) groups excluding carboxylic acids is 1. The zero-order valence-electron chi connectivity index (χ0n) is 10.8. The molecule has 0 amide bonds. The lowest BCUT2D eigenvalue weighted by molar-refractivity contribution is -0.145. The molecule has 0 saturated carbocycles. The van der Waals surface area contributed by atoms with E-state index in [1.165, 1.54) is 0 Å². The molecule has 1 unspecified atom stereocenters. The maximum Gasteiger partial charge on any atom is 0.327 e. The van der Waals surface area contributed by atoms with Crippen LogP contribution in [0.1, 0.15) is 24.9 Å². The molecule has 0 saturated heterocycles. The smallest absolute Gasteiger partial charge is 0.327 e. The molecule has 19 heavy (non-hydrogen) atoms. The molecule has 0 bridgehead atoms. The van der Waals surface area contributed by atoms with Crippen molar-refractivity contribution in [1.29, 1.82) is 0 Å². The van der Waals surface area contributed by atoms with Gasteiger partial charge >= 0.3 is 5.97 Å². The summed E-state index contributed by atoms with van der Waals surface area (Å²) < 4.78 is 5.06. The van der Waals surface area contributed by atoms with Crippen molar-refractivity contribution in [2.24, 2.45) is 5.73 Å². The molecule has 0 aliphatic carbocycles. The Kier molecular flexibility index (Phi) is 5.80. The molecular formula is C15H18ClNO2. The van der Waals surface area contributed by atoms with E-state index in [0.717, 1.165) is 22.8 Å². The van der Waals surface area contributed by atoms with Crippen LogP contribution in [0.5, 0.6) is 0 Å². The van der Waals surface area contributed by atoms with Gasteiger partial charge in [0.05, 0.1) is 6.61 Å². The summed E-state index contributed by atoms with van der Waals surface area (Å²) in [7, 11) is 0. The van der Waals surface area contributed by atoms with E-state index in [2.05, 4.69) is 0 Å². The third-order valence-electron chi connectivity index (χ3n) is 2.84. The number of rotatable bonds is 4. The van der Waals surface area contributed by atoms with E-state index in [1.807, 2.05) is 49.4 Å². The first-order valence-corrected chi connectivity index (χ1v) is 6.13. The van der Waals surface area contributed by atoms with Gasteiger partial charge in [0.2, 0.25) is 0 Å². The molecule has 2 rings (SSSR count). The van der Waals surface area contributed by atoms with E-state index in [4.69, 9.17) is 10.5 Å². The number of fused-ring (bicyclic) bond motifs is 1. The average Bonchev–Trinajstić information content (AvgIpc) is 2.43. The quantitative estimate of drug-likeness (QED) is 0.875. The highest BCUT2D eigenvalue weighted by Crippen LogP contribution is 2.20. The van der Waals surface area contributed by atoms with Crippen LogP contribution in [-0.2, 0) is 9.53 Å². The zero-order chi connectivity index (χ0) is 13.0.